The minimum Gasteiger partial charge on any atom is -0.141 e. The number of hydrogen-bond acceptors (Lipinski definition) is 6. The van der Waals surface area contributed by atoms with Gasteiger partial charge < -0.3 is 0 Å². The van der Waals surface area contributed by atoms with Crippen molar-refractivity contribution in [1.82, 2.24) is 0 Å². The largest absolute Gasteiger partial charge is 0.141 e. The van der Waals surface area contributed by atoms with Gasteiger partial charge in [0.1, 0.15) is 0 Å². The molecule has 278 valence electrons. The van der Waals surface area contributed by atoms with Crippen LogP contribution in [0.3, 0.4) is 0 Å². The molecule has 0 fully saturated rings. The molecule has 0 atom stereocenters. The summed E-state index contributed by atoms with van der Waals surface area (Å²) in [5, 5.41) is 4.54. The summed E-state index contributed by atoms with van der Waals surface area (Å²) in [7, 11) is 0. The Kier molecular flexibility index (Phi) is 7.07. The van der Waals surface area contributed by atoms with Gasteiger partial charge in [-0.3, -0.25) is 0 Å². The lowest BCUT2D eigenvalue weighted by Gasteiger charge is -2.35. The minimum atomic E-state index is -0.485. The Morgan fingerprint density at radius 1 is 0.345 bits per heavy atom. The summed E-state index contributed by atoms with van der Waals surface area (Å²) in [5.41, 5.74) is 18.0. The van der Waals surface area contributed by atoms with Crippen molar-refractivity contribution in [3.63, 3.8) is 0 Å². The molecule has 0 saturated heterocycles. The second-order valence-corrected chi connectivity index (χ2v) is 22.2. The van der Waals surface area contributed by atoms with Gasteiger partial charge >= 0.3 is 0 Å². The predicted octanol–water partition coefficient (Wildman–Crippen LogP) is 16.6. The third kappa shape index (κ3) is 4.23. The van der Waals surface area contributed by atoms with Gasteiger partial charge in [0, 0.05) is 30.3 Å². The summed E-state index contributed by atoms with van der Waals surface area (Å²) in [6, 6.07) is 48.0. The average Bonchev–Trinajstić information content (AvgIpc) is 4.10. The highest BCUT2D eigenvalue weighted by molar-refractivity contribution is 7.40. The summed E-state index contributed by atoms with van der Waals surface area (Å²) < 4.78 is 11.4. The number of thiophene rings is 6. The van der Waals surface area contributed by atoms with Crippen molar-refractivity contribution in [1.29, 1.82) is 0 Å². The topological polar surface area (TPSA) is 0 Å². The first kappa shape index (κ1) is 34.2. The molecule has 2 aliphatic carbocycles. The molecule has 0 N–H and O–H groups in total. The molecule has 0 spiro atoms. The fourth-order valence-corrected chi connectivity index (χ4v) is 18.6. The molecular formula is C52H34S6. The van der Waals surface area contributed by atoms with Gasteiger partial charge in [-0.15, -0.1) is 68.0 Å². The van der Waals surface area contributed by atoms with Crippen molar-refractivity contribution in [3.8, 4) is 20.9 Å². The Hall–Kier alpha value is -4.66. The van der Waals surface area contributed by atoms with Gasteiger partial charge in [-0.05, 0) is 107 Å². The molecule has 6 heterocycles. The zero-order valence-electron chi connectivity index (χ0n) is 32.2. The van der Waals surface area contributed by atoms with Crippen molar-refractivity contribution in [3.05, 3.63) is 199 Å². The Labute approximate surface area is 361 Å². The molecule has 0 radical (unpaired) electrons. The van der Waals surface area contributed by atoms with Crippen LogP contribution in [-0.2, 0) is 10.8 Å². The SMILES string of the molecule is Cc1ccc(C2(c3ccc(C)cc3)c3cc4c(cc3-c3sc5c(sc6ccsc65)c32)C(c2ccc(C)cc2)(c2ccc(C)cc2)c2c-4sc3c2sc2ccsc23)cc1. The molecule has 0 bridgehead atoms. The molecule has 11 aromatic rings. The van der Waals surface area contributed by atoms with Gasteiger partial charge in [0.2, 0.25) is 0 Å². The molecule has 13 rings (SSSR count). The quantitative estimate of drug-likeness (QED) is 0.165. The predicted molar refractivity (Wildman–Crippen MR) is 257 cm³/mol. The zero-order valence-corrected chi connectivity index (χ0v) is 37.1. The van der Waals surface area contributed by atoms with E-state index in [9.17, 15) is 0 Å². The van der Waals surface area contributed by atoms with Gasteiger partial charge in [0.05, 0.1) is 39.0 Å². The number of benzene rings is 5. The van der Waals surface area contributed by atoms with Crippen LogP contribution in [0.15, 0.2) is 132 Å². The Morgan fingerprint density at radius 3 is 1.00 bits per heavy atom. The van der Waals surface area contributed by atoms with E-state index in [1.54, 1.807) is 0 Å². The van der Waals surface area contributed by atoms with E-state index in [0.29, 0.717) is 0 Å². The van der Waals surface area contributed by atoms with Crippen molar-refractivity contribution < 1.29 is 0 Å². The Morgan fingerprint density at radius 2 is 0.672 bits per heavy atom. The van der Waals surface area contributed by atoms with E-state index >= 15 is 0 Å². The maximum Gasteiger partial charge on any atom is 0.0736 e. The number of fused-ring (bicyclic) bond motifs is 14. The third-order valence-electron chi connectivity index (χ3n) is 13.0. The van der Waals surface area contributed by atoms with Crippen LogP contribution in [0.5, 0.6) is 0 Å². The molecule has 0 aliphatic heterocycles. The van der Waals surface area contributed by atoms with E-state index in [1.807, 2.05) is 68.0 Å². The maximum absolute atomic E-state index is 2.67. The van der Waals surface area contributed by atoms with Crippen LogP contribution in [-0.4, -0.2) is 0 Å². The van der Waals surface area contributed by atoms with Gasteiger partial charge in [0.25, 0.3) is 0 Å². The van der Waals surface area contributed by atoms with Gasteiger partial charge in [-0.25, -0.2) is 0 Å². The summed E-state index contributed by atoms with van der Waals surface area (Å²) in [4.78, 5) is 2.85. The van der Waals surface area contributed by atoms with E-state index < -0.39 is 10.8 Å². The van der Waals surface area contributed by atoms with Crippen LogP contribution in [0.2, 0.25) is 0 Å². The van der Waals surface area contributed by atoms with Crippen LogP contribution in [0.4, 0.5) is 0 Å². The molecule has 58 heavy (non-hydrogen) atoms. The van der Waals surface area contributed by atoms with E-state index in [4.69, 9.17) is 0 Å². The second-order valence-electron chi connectivity index (χ2n) is 16.3. The molecule has 6 aromatic heterocycles. The fraction of sp³-hybridized carbons (Fsp3) is 0.115. The van der Waals surface area contributed by atoms with E-state index in [-0.39, 0.29) is 0 Å². The lowest BCUT2D eigenvalue weighted by Crippen LogP contribution is -2.30. The van der Waals surface area contributed by atoms with E-state index in [0.717, 1.165) is 0 Å². The summed E-state index contributed by atoms with van der Waals surface area (Å²) in [5.74, 6) is 0. The third-order valence-corrected chi connectivity index (χ3v) is 20.4. The Balaban J connectivity index is 1.24. The summed E-state index contributed by atoms with van der Waals surface area (Å²) in [6.07, 6.45) is 0. The number of aryl methyl sites for hydroxylation is 4. The normalized spacial score (nSPS) is 14.8. The standard InChI is InChI=1S/C52H34S6/c1-27-5-13-31(14-6-27)51(32-15-7-28(2)8-16-32)37-25-36-38(26-35(37)43-41(51)47-49(57-43)45-39(55-47)21-23-53-45)52(33-17-9-29(3)10-18-33,34-19-11-30(4)12-20-34)42-44(36)58-50-46-40(22-24-54-46)56-48(42)50/h5-26H,1-4H3. The monoisotopic (exact) mass is 850 g/mol. The van der Waals surface area contributed by atoms with Crippen LogP contribution < -0.4 is 0 Å². The smallest absolute Gasteiger partial charge is 0.0736 e. The highest BCUT2D eigenvalue weighted by atomic mass is 32.1. The summed E-state index contributed by atoms with van der Waals surface area (Å²) in [6.45, 7) is 8.85. The highest BCUT2D eigenvalue weighted by Crippen LogP contribution is 2.68. The first-order chi connectivity index (χ1) is 28.3. The van der Waals surface area contributed by atoms with Crippen LogP contribution >= 0.6 is 68.0 Å². The van der Waals surface area contributed by atoms with Crippen LogP contribution in [0, 0.1) is 27.7 Å². The second kappa shape index (κ2) is 12.0. The number of rotatable bonds is 4. The maximum atomic E-state index is 2.67. The minimum absolute atomic E-state index is 0.485. The van der Waals surface area contributed by atoms with Gasteiger partial charge in [-0.2, -0.15) is 0 Å². The lowest BCUT2D eigenvalue weighted by atomic mass is 9.65. The first-order valence-electron chi connectivity index (χ1n) is 19.7. The van der Waals surface area contributed by atoms with Crippen molar-refractivity contribution >= 4 is 106 Å². The zero-order chi connectivity index (χ0) is 38.7. The molecule has 2 aliphatic rings. The van der Waals surface area contributed by atoms with Crippen LogP contribution in [0.25, 0.3) is 58.5 Å². The van der Waals surface area contributed by atoms with Gasteiger partial charge in [-0.1, -0.05) is 119 Å². The summed E-state index contributed by atoms with van der Waals surface area (Å²) >= 11 is 11.8. The fourth-order valence-electron chi connectivity index (χ4n) is 10.3. The average molecular weight is 851 g/mol. The van der Waals surface area contributed by atoms with E-state index in [1.165, 1.54) is 125 Å². The molecule has 5 aromatic carbocycles. The molecule has 0 saturated carbocycles. The first-order valence-corrected chi connectivity index (χ1v) is 24.7. The number of hydrogen-bond donors (Lipinski definition) is 0. The van der Waals surface area contributed by atoms with Crippen molar-refractivity contribution in [2.45, 2.75) is 38.5 Å². The van der Waals surface area contributed by atoms with Crippen molar-refractivity contribution in [2.75, 3.05) is 0 Å². The molecule has 0 unspecified atom stereocenters. The molecule has 0 nitrogen and oxygen atoms in total. The highest BCUT2D eigenvalue weighted by Gasteiger charge is 2.54. The lowest BCUT2D eigenvalue weighted by molar-refractivity contribution is 0.766. The molecular weight excluding hydrogens is 817 g/mol. The molecule has 0 amide bonds. The Bertz CT molecular complexity index is 3140. The van der Waals surface area contributed by atoms with Crippen molar-refractivity contribution in [2.24, 2.45) is 0 Å². The van der Waals surface area contributed by atoms with E-state index in [2.05, 4.69) is 160 Å². The molecule has 6 heteroatoms. The van der Waals surface area contributed by atoms with Crippen LogP contribution in [0.1, 0.15) is 66.8 Å². The van der Waals surface area contributed by atoms with Gasteiger partial charge in [0.15, 0.2) is 0 Å².